The van der Waals surface area contributed by atoms with Crippen LogP contribution in [0.2, 0.25) is 5.02 Å². The van der Waals surface area contributed by atoms with Crippen molar-refractivity contribution in [3.8, 4) is 5.75 Å². The third-order valence-corrected chi connectivity index (χ3v) is 6.05. The lowest BCUT2D eigenvalue weighted by molar-refractivity contribution is -0.113. The molecule has 5 nitrogen and oxygen atoms in total. The number of halogens is 4. The normalized spacial score (nSPS) is 14.8. The number of carbonyl (C=O) groups excluding carboxylic acids is 2. The summed E-state index contributed by atoms with van der Waals surface area (Å²) in [5, 5.41) is 3.09. The average Bonchev–Trinajstić information content (AvgIpc) is 3.02. The van der Waals surface area contributed by atoms with Crippen LogP contribution in [-0.2, 0) is 11.4 Å². The van der Waals surface area contributed by atoms with Crippen molar-refractivity contribution >= 4 is 67.2 Å². The number of carbonyl (C=O) groups is 2. The summed E-state index contributed by atoms with van der Waals surface area (Å²) in [7, 11) is 0. The van der Waals surface area contributed by atoms with Crippen molar-refractivity contribution in [2.24, 2.45) is 0 Å². The molecule has 1 aliphatic rings. The number of nitrogens with zero attached hydrogens (tertiary/aromatic N) is 1. The van der Waals surface area contributed by atoms with Gasteiger partial charge in [0.2, 0.25) is 0 Å². The molecule has 0 saturated carbocycles. The fourth-order valence-corrected chi connectivity index (χ4v) is 4.67. The van der Waals surface area contributed by atoms with E-state index in [0.717, 1.165) is 4.90 Å². The fraction of sp³-hybridized carbons (Fsp3) is 0.0435. The Hall–Kier alpha value is -2.68. The highest BCUT2D eigenvalue weighted by Gasteiger charge is 2.34. The van der Waals surface area contributed by atoms with Crippen molar-refractivity contribution in [3.05, 3.63) is 97.3 Å². The minimum Gasteiger partial charge on any atom is -0.486 e. The number of hydrogen-bond acceptors (Lipinski definition) is 3. The van der Waals surface area contributed by atoms with E-state index in [2.05, 4.69) is 37.2 Å². The minimum absolute atomic E-state index is 0.0505. The first-order valence-electron chi connectivity index (χ1n) is 9.31. The van der Waals surface area contributed by atoms with Crippen molar-refractivity contribution in [2.45, 2.75) is 6.61 Å². The summed E-state index contributed by atoms with van der Waals surface area (Å²) >= 11 is 12.8. The molecule has 162 valence electrons. The smallest absolute Gasteiger partial charge is 0.333 e. The molecule has 0 aromatic heterocycles. The molecular weight excluding hydrogens is 567 g/mol. The van der Waals surface area contributed by atoms with Crippen molar-refractivity contribution in [3.63, 3.8) is 0 Å². The first kappa shape index (κ1) is 22.5. The summed E-state index contributed by atoms with van der Waals surface area (Å²) in [5.74, 6) is -0.341. The molecule has 1 fully saturated rings. The van der Waals surface area contributed by atoms with Crippen molar-refractivity contribution in [1.29, 1.82) is 0 Å². The van der Waals surface area contributed by atoms with Crippen LogP contribution in [0.25, 0.3) is 6.08 Å². The van der Waals surface area contributed by atoms with E-state index in [0.29, 0.717) is 36.5 Å². The molecule has 0 radical (unpaired) electrons. The number of benzene rings is 3. The van der Waals surface area contributed by atoms with Gasteiger partial charge in [-0.3, -0.25) is 4.79 Å². The minimum atomic E-state index is -0.549. The lowest BCUT2D eigenvalue weighted by atomic mass is 10.1. The number of imide groups is 1. The van der Waals surface area contributed by atoms with Crippen LogP contribution in [-0.4, -0.2) is 11.9 Å². The van der Waals surface area contributed by atoms with E-state index in [9.17, 15) is 14.0 Å². The molecule has 0 spiro atoms. The van der Waals surface area contributed by atoms with E-state index in [-0.39, 0.29) is 18.1 Å². The van der Waals surface area contributed by atoms with Gasteiger partial charge in [0.1, 0.15) is 23.9 Å². The van der Waals surface area contributed by atoms with Crippen molar-refractivity contribution in [1.82, 2.24) is 5.32 Å². The van der Waals surface area contributed by atoms with E-state index >= 15 is 0 Å². The predicted octanol–water partition coefficient (Wildman–Crippen LogP) is 6.68. The molecule has 3 aromatic rings. The topological polar surface area (TPSA) is 58.6 Å². The van der Waals surface area contributed by atoms with E-state index in [1.807, 2.05) is 0 Å². The second-order valence-corrected chi connectivity index (χ2v) is 8.94. The molecule has 0 aliphatic carbocycles. The number of anilines is 1. The Morgan fingerprint density at radius 3 is 2.34 bits per heavy atom. The molecule has 3 amide bonds. The molecule has 1 aliphatic heterocycles. The molecular formula is C23H14Br2ClFN2O3. The Balaban J connectivity index is 1.55. The first-order valence-corrected chi connectivity index (χ1v) is 11.3. The van der Waals surface area contributed by atoms with Gasteiger partial charge in [0.25, 0.3) is 5.91 Å². The van der Waals surface area contributed by atoms with E-state index in [1.165, 1.54) is 6.07 Å². The molecule has 1 saturated heterocycles. The van der Waals surface area contributed by atoms with Gasteiger partial charge in [0.15, 0.2) is 0 Å². The van der Waals surface area contributed by atoms with Gasteiger partial charge in [-0.1, -0.05) is 29.8 Å². The molecule has 0 bridgehead atoms. The number of urea groups is 1. The molecule has 1 heterocycles. The Kier molecular flexibility index (Phi) is 6.64. The Bertz CT molecular complexity index is 1230. The van der Waals surface area contributed by atoms with Gasteiger partial charge in [-0.05, 0) is 86.0 Å². The molecule has 0 atom stereocenters. The third kappa shape index (κ3) is 4.72. The summed E-state index contributed by atoms with van der Waals surface area (Å²) in [5.41, 5.74) is 1.62. The zero-order valence-corrected chi connectivity index (χ0v) is 20.2. The zero-order chi connectivity index (χ0) is 22.8. The van der Waals surface area contributed by atoms with Crippen LogP contribution in [0, 0.1) is 5.82 Å². The second-order valence-electron chi connectivity index (χ2n) is 6.80. The Labute approximate surface area is 205 Å². The first-order chi connectivity index (χ1) is 15.3. The number of hydrogen-bond donors (Lipinski definition) is 1. The summed E-state index contributed by atoms with van der Waals surface area (Å²) < 4.78 is 20.8. The Morgan fingerprint density at radius 2 is 1.69 bits per heavy atom. The van der Waals surface area contributed by atoms with Crippen LogP contribution in [0.1, 0.15) is 11.1 Å². The largest absolute Gasteiger partial charge is 0.486 e. The number of nitrogens with one attached hydrogen (secondary N) is 1. The van der Waals surface area contributed by atoms with E-state index < -0.39 is 11.9 Å². The quantitative estimate of drug-likeness (QED) is 0.271. The van der Waals surface area contributed by atoms with Crippen LogP contribution < -0.4 is 15.0 Å². The molecule has 9 heteroatoms. The maximum atomic E-state index is 13.8. The summed E-state index contributed by atoms with van der Waals surface area (Å²) in [4.78, 5) is 26.2. The average molecular weight is 581 g/mol. The monoisotopic (exact) mass is 578 g/mol. The lowest BCUT2D eigenvalue weighted by Crippen LogP contribution is -2.30. The van der Waals surface area contributed by atoms with E-state index in [1.54, 1.807) is 60.7 Å². The molecule has 1 N–H and O–H groups in total. The predicted molar refractivity (Wildman–Crippen MR) is 128 cm³/mol. The van der Waals surface area contributed by atoms with Crippen molar-refractivity contribution < 1.29 is 18.7 Å². The highest BCUT2D eigenvalue weighted by atomic mass is 79.9. The maximum Gasteiger partial charge on any atom is 0.333 e. The van der Waals surface area contributed by atoms with Gasteiger partial charge in [-0.15, -0.1) is 0 Å². The van der Waals surface area contributed by atoms with Gasteiger partial charge in [-0.2, -0.15) is 0 Å². The van der Waals surface area contributed by atoms with Crippen LogP contribution in [0.3, 0.4) is 0 Å². The summed E-state index contributed by atoms with van der Waals surface area (Å²) in [6, 6.07) is 15.7. The molecule has 4 rings (SSSR count). The van der Waals surface area contributed by atoms with Crippen LogP contribution >= 0.6 is 43.5 Å². The highest BCUT2D eigenvalue weighted by Crippen LogP contribution is 2.36. The second kappa shape index (κ2) is 9.44. The molecule has 0 unspecified atom stereocenters. The van der Waals surface area contributed by atoms with E-state index in [4.69, 9.17) is 16.3 Å². The van der Waals surface area contributed by atoms with Gasteiger partial charge in [0, 0.05) is 10.6 Å². The van der Waals surface area contributed by atoms with Crippen LogP contribution in [0.5, 0.6) is 5.75 Å². The van der Waals surface area contributed by atoms with Gasteiger partial charge in [-0.25, -0.2) is 14.1 Å². The molecule has 32 heavy (non-hydrogen) atoms. The third-order valence-electron chi connectivity index (χ3n) is 4.62. The molecule has 3 aromatic carbocycles. The number of ether oxygens (including phenoxy) is 1. The SMILES string of the molecule is O=C1N/C(=C/c2cc(Br)c(OCc3ccccc3F)c(Br)c2)C(=O)N1c1ccc(Cl)cc1. The maximum absolute atomic E-state index is 13.8. The van der Waals surface area contributed by atoms with Gasteiger partial charge in [0.05, 0.1) is 14.6 Å². The summed E-state index contributed by atoms with van der Waals surface area (Å²) in [6.07, 6.45) is 1.56. The fourth-order valence-electron chi connectivity index (χ4n) is 3.09. The van der Waals surface area contributed by atoms with Crippen LogP contribution in [0.4, 0.5) is 14.9 Å². The Morgan fingerprint density at radius 1 is 1.03 bits per heavy atom. The standard InChI is InChI=1S/C23H14Br2ClFN2O3/c24-17-9-13(10-18(25)21(17)32-12-14-3-1-2-4-19(14)27)11-20-22(30)29(23(31)28-20)16-7-5-15(26)6-8-16/h1-11H,12H2,(H,28,31)/b20-11+. The van der Waals surface area contributed by atoms with Crippen molar-refractivity contribution in [2.75, 3.05) is 4.90 Å². The van der Waals surface area contributed by atoms with Crippen LogP contribution in [0.15, 0.2) is 75.3 Å². The lowest BCUT2D eigenvalue weighted by Gasteiger charge is -2.12. The van der Waals surface area contributed by atoms with Gasteiger partial charge >= 0.3 is 6.03 Å². The summed E-state index contributed by atoms with van der Waals surface area (Å²) in [6.45, 7) is 0.0505. The number of amides is 3. The highest BCUT2D eigenvalue weighted by molar-refractivity contribution is 9.11. The zero-order valence-electron chi connectivity index (χ0n) is 16.2. The van der Waals surface area contributed by atoms with Gasteiger partial charge < -0.3 is 10.1 Å². The number of rotatable bonds is 5.